The van der Waals surface area contributed by atoms with Crippen LogP contribution in [-0.4, -0.2) is 36.1 Å². The monoisotopic (exact) mass is 299 g/mol. The Balaban J connectivity index is 2.52. The molecule has 5 heteroatoms. The highest BCUT2D eigenvalue weighted by Gasteiger charge is 2.06. The van der Waals surface area contributed by atoms with Crippen LogP contribution in [0.3, 0.4) is 0 Å². The molecule has 0 aliphatic rings. The molecule has 3 nitrogen and oxygen atoms in total. The standard InChI is InChI=1S/C14H22ClN3S/c1-10(2)18(3)8-4-7-17-13-6-5-11(15)9-12(13)14(16)19/h5-6,9-10,17H,4,7-8H2,1-3H3,(H2,16,19). The first-order valence-electron chi connectivity index (χ1n) is 6.45. The Kier molecular flexibility index (Phi) is 6.55. The van der Waals surface area contributed by atoms with Gasteiger partial charge in [0.15, 0.2) is 0 Å². The maximum Gasteiger partial charge on any atom is 0.106 e. The van der Waals surface area contributed by atoms with Crippen molar-refractivity contribution in [2.24, 2.45) is 5.73 Å². The lowest BCUT2D eigenvalue weighted by Crippen LogP contribution is -2.28. The van der Waals surface area contributed by atoms with Crippen LogP contribution in [0.25, 0.3) is 0 Å². The molecule has 0 fully saturated rings. The summed E-state index contributed by atoms with van der Waals surface area (Å²) in [4.78, 5) is 2.68. The summed E-state index contributed by atoms with van der Waals surface area (Å²) in [5.74, 6) is 0. The highest BCUT2D eigenvalue weighted by Crippen LogP contribution is 2.20. The summed E-state index contributed by atoms with van der Waals surface area (Å²) < 4.78 is 0. The molecule has 19 heavy (non-hydrogen) atoms. The predicted molar refractivity (Wildman–Crippen MR) is 88.2 cm³/mol. The molecule has 0 unspecified atom stereocenters. The van der Waals surface area contributed by atoms with Gasteiger partial charge in [-0.05, 0) is 52.1 Å². The van der Waals surface area contributed by atoms with Crippen molar-refractivity contribution >= 4 is 34.5 Å². The van der Waals surface area contributed by atoms with Crippen molar-refractivity contribution in [2.45, 2.75) is 26.3 Å². The zero-order valence-corrected chi connectivity index (χ0v) is 13.3. The fourth-order valence-corrected chi connectivity index (χ4v) is 2.03. The number of nitrogens with one attached hydrogen (secondary N) is 1. The van der Waals surface area contributed by atoms with Crippen LogP contribution in [0.5, 0.6) is 0 Å². The minimum absolute atomic E-state index is 0.365. The van der Waals surface area contributed by atoms with E-state index in [9.17, 15) is 0 Å². The largest absolute Gasteiger partial charge is 0.389 e. The number of rotatable bonds is 7. The number of anilines is 1. The van der Waals surface area contributed by atoms with Crippen LogP contribution in [0.2, 0.25) is 5.02 Å². The summed E-state index contributed by atoms with van der Waals surface area (Å²) in [6, 6.07) is 6.13. The minimum Gasteiger partial charge on any atom is -0.389 e. The molecule has 0 amide bonds. The van der Waals surface area contributed by atoms with Gasteiger partial charge in [0.25, 0.3) is 0 Å². The number of nitrogens with zero attached hydrogens (tertiary/aromatic N) is 1. The molecular formula is C14H22ClN3S. The molecule has 0 aliphatic carbocycles. The molecule has 0 heterocycles. The highest BCUT2D eigenvalue weighted by molar-refractivity contribution is 7.80. The summed E-state index contributed by atoms with van der Waals surface area (Å²) in [7, 11) is 2.13. The van der Waals surface area contributed by atoms with Gasteiger partial charge in [0.2, 0.25) is 0 Å². The van der Waals surface area contributed by atoms with E-state index in [1.165, 1.54) is 0 Å². The number of hydrogen-bond acceptors (Lipinski definition) is 3. The van der Waals surface area contributed by atoms with Crippen molar-refractivity contribution in [3.05, 3.63) is 28.8 Å². The van der Waals surface area contributed by atoms with E-state index < -0.39 is 0 Å². The van der Waals surface area contributed by atoms with Crippen LogP contribution in [-0.2, 0) is 0 Å². The van der Waals surface area contributed by atoms with Gasteiger partial charge in [-0.3, -0.25) is 0 Å². The molecular weight excluding hydrogens is 278 g/mol. The third-order valence-corrected chi connectivity index (χ3v) is 3.59. The minimum atomic E-state index is 0.365. The van der Waals surface area contributed by atoms with Crippen molar-refractivity contribution in [1.29, 1.82) is 0 Å². The zero-order valence-electron chi connectivity index (χ0n) is 11.7. The number of halogens is 1. The van der Waals surface area contributed by atoms with Crippen LogP contribution >= 0.6 is 23.8 Å². The van der Waals surface area contributed by atoms with E-state index in [-0.39, 0.29) is 0 Å². The highest BCUT2D eigenvalue weighted by atomic mass is 35.5. The molecule has 0 saturated heterocycles. The van der Waals surface area contributed by atoms with E-state index in [4.69, 9.17) is 29.6 Å². The first kappa shape index (κ1) is 16.2. The van der Waals surface area contributed by atoms with Crippen molar-refractivity contribution in [3.63, 3.8) is 0 Å². The fraction of sp³-hybridized carbons (Fsp3) is 0.500. The molecule has 1 aromatic rings. The Morgan fingerprint density at radius 3 is 2.74 bits per heavy atom. The van der Waals surface area contributed by atoms with E-state index in [0.29, 0.717) is 16.1 Å². The lowest BCUT2D eigenvalue weighted by atomic mass is 10.1. The van der Waals surface area contributed by atoms with E-state index in [0.717, 1.165) is 30.8 Å². The second kappa shape index (κ2) is 7.68. The normalized spacial score (nSPS) is 11.1. The number of hydrogen-bond donors (Lipinski definition) is 2. The third kappa shape index (κ3) is 5.35. The van der Waals surface area contributed by atoms with Gasteiger partial charge >= 0.3 is 0 Å². The van der Waals surface area contributed by atoms with Gasteiger partial charge in [-0.25, -0.2) is 0 Å². The van der Waals surface area contributed by atoms with Gasteiger partial charge in [-0.15, -0.1) is 0 Å². The third-order valence-electron chi connectivity index (χ3n) is 3.13. The van der Waals surface area contributed by atoms with Crippen LogP contribution in [0.1, 0.15) is 25.8 Å². The fourth-order valence-electron chi connectivity index (χ4n) is 1.68. The molecule has 0 bridgehead atoms. The number of thiocarbonyl (C=S) groups is 1. The Morgan fingerprint density at radius 1 is 1.47 bits per heavy atom. The van der Waals surface area contributed by atoms with Gasteiger partial charge in [0.1, 0.15) is 4.99 Å². The molecule has 106 valence electrons. The lowest BCUT2D eigenvalue weighted by molar-refractivity contribution is 0.273. The Hall–Kier alpha value is -0.840. The van der Waals surface area contributed by atoms with Gasteiger partial charge in [-0.1, -0.05) is 23.8 Å². The first-order chi connectivity index (χ1) is 8.91. The second-order valence-corrected chi connectivity index (χ2v) is 5.79. The van der Waals surface area contributed by atoms with E-state index >= 15 is 0 Å². The van der Waals surface area contributed by atoms with Gasteiger partial charge in [-0.2, -0.15) is 0 Å². The lowest BCUT2D eigenvalue weighted by Gasteiger charge is -2.21. The number of nitrogens with two attached hydrogens (primary N) is 1. The Bertz CT molecular complexity index is 435. The smallest absolute Gasteiger partial charge is 0.106 e. The molecule has 0 atom stereocenters. The van der Waals surface area contributed by atoms with Crippen molar-refractivity contribution < 1.29 is 0 Å². The van der Waals surface area contributed by atoms with Crippen LogP contribution < -0.4 is 11.1 Å². The summed E-state index contributed by atoms with van der Waals surface area (Å²) in [5, 5.41) is 4.01. The van der Waals surface area contributed by atoms with Crippen molar-refractivity contribution in [2.75, 3.05) is 25.5 Å². The number of benzene rings is 1. The van der Waals surface area contributed by atoms with Crippen LogP contribution in [0, 0.1) is 0 Å². The van der Waals surface area contributed by atoms with E-state index in [2.05, 4.69) is 31.1 Å². The molecule has 0 radical (unpaired) electrons. The molecule has 1 aromatic carbocycles. The predicted octanol–water partition coefficient (Wildman–Crippen LogP) is 3.12. The topological polar surface area (TPSA) is 41.3 Å². The zero-order chi connectivity index (χ0) is 14.4. The van der Waals surface area contributed by atoms with Crippen molar-refractivity contribution in [3.8, 4) is 0 Å². The summed E-state index contributed by atoms with van der Waals surface area (Å²) in [6.07, 6.45) is 1.06. The van der Waals surface area contributed by atoms with Crippen LogP contribution in [0.4, 0.5) is 5.69 Å². The van der Waals surface area contributed by atoms with Gasteiger partial charge < -0.3 is 16.0 Å². The SMILES string of the molecule is CC(C)N(C)CCCNc1ccc(Cl)cc1C(N)=S. The maximum absolute atomic E-state index is 5.95. The second-order valence-electron chi connectivity index (χ2n) is 4.91. The van der Waals surface area contributed by atoms with Crippen molar-refractivity contribution in [1.82, 2.24) is 4.90 Å². The van der Waals surface area contributed by atoms with E-state index in [1.54, 1.807) is 6.07 Å². The Labute approximate surface area is 126 Å². The molecule has 0 aliphatic heterocycles. The average Bonchev–Trinajstić information content (AvgIpc) is 2.35. The molecule has 1 rings (SSSR count). The quantitative estimate of drug-likeness (QED) is 0.599. The Morgan fingerprint density at radius 2 is 2.16 bits per heavy atom. The summed E-state index contributed by atoms with van der Waals surface area (Å²) in [6.45, 7) is 6.32. The van der Waals surface area contributed by atoms with Crippen LogP contribution in [0.15, 0.2) is 18.2 Å². The maximum atomic E-state index is 5.95. The average molecular weight is 300 g/mol. The molecule has 3 N–H and O–H groups in total. The molecule has 0 spiro atoms. The molecule has 0 aromatic heterocycles. The van der Waals surface area contributed by atoms with E-state index in [1.807, 2.05) is 12.1 Å². The first-order valence-corrected chi connectivity index (χ1v) is 7.24. The summed E-state index contributed by atoms with van der Waals surface area (Å²) >= 11 is 11.0. The van der Waals surface area contributed by atoms with Gasteiger partial charge in [0.05, 0.1) is 0 Å². The summed E-state index contributed by atoms with van der Waals surface area (Å²) in [5.41, 5.74) is 7.45. The van der Waals surface area contributed by atoms with Gasteiger partial charge in [0, 0.05) is 28.9 Å². The molecule has 0 saturated carbocycles.